The molecule has 1 aliphatic rings. The van der Waals surface area contributed by atoms with Crippen LogP contribution in [-0.4, -0.2) is 44.1 Å². The molecule has 5 rings (SSSR count). The van der Waals surface area contributed by atoms with Crippen LogP contribution in [0.15, 0.2) is 85.5 Å². The minimum atomic E-state index is -0.602. The second kappa shape index (κ2) is 11.2. The Labute approximate surface area is 220 Å². The fraction of sp³-hybridized carbons (Fsp3) is 0.241. The molecule has 1 fully saturated rings. The molecule has 0 bridgehead atoms. The number of benzene rings is 3. The van der Waals surface area contributed by atoms with E-state index in [4.69, 9.17) is 4.74 Å². The molecule has 38 heavy (non-hydrogen) atoms. The monoisotopic (exact) mass is 513 g/mol. The first-order valence-electron chi connectivity index (χ1n) is 12.5. The van der Waals surface area contributed by atoms with Crippen LogP contribution in [0.25, 0.3) is 0 Å². The van der Waals surface area contributed by atoms with Gasteiger partial charge in [-0.1, -0.05) is 24.3 Å². The highest BCUT2D eigenvalue weighted by Gasteiger charge is 2.39. The van der Waals surface area contributed by atoms with E-state index in [1.165, 1.54) is 40.6 Å². The van der Waals surface area contributed by atoms with Crippen LogP contribution >= 0.6 is 0 Å². The number of carbonyl (C=O) groups excluding carboxylic acids is 2. The Morgan fingerprint density at radius 2 is 1.74 bits per heavy atom. The number of nitrogens with zero attached hydrogens (tertiary/aromatic N) is 4. The molecule has 4 aromatic rings. The zero-order chi connectivity index (χ0) is 26.5. The number of halogens is 1. The van der Waals surface area contributed by atoms with E-state index in [2.05, 4.69) is 34.5 Å². The maximum absolute atomic E-state index is 13.4. The average Bonchev–Trinajstić information content (AvgIpc) is 3.58. The fourth-order valence-electron chi connectivity index (χ4n) is 4.76. The molecule has 0 spiro atoms. The third-order valence-corrected chi connectivity index (χ3v) is 6.72. The quantitative estimate of drug-likeness (QED) is 0.372. The van der Waals surface area contributed by atoms with Crippen molar-refractivity contribution in [2.45, 2.75) is 32.4 Å². The Morgan fingerprint density at radius 3 is 2.42 bits per heavy atom. The standard InChI is InChI=1S/C29H28FN5O3/c1-20-4-2-3-5-22(20)14-21-15-27(35(16-21)28(36)17-34-19-31-18-32-34)29(37)33-24-8-12-26(13-9-24)38-25-10-6-23(30)7-11-25/h2-13,18-19,21,27H,14-17H2,1H3,(H,33,37). The van der Waals surface area contributed by atoms with E-state index in [-0.39, 0.29) is 30.1 Å². The summed E-state index contributed by atoms with van der Waals surface area (Å²) in [7, 11) is 0. The maximum atomic E-state index is 13.4. The Kier molecular flexibility index (Phi) is 7.44. The summed E-state index contributed by atoms with van der Waals surface area (Å²) in [4.78, 5) is 32.2. The molecular weight excluding hydrogens is 485 g/mol. The molecule has 3 aromatic carbocycles. The zero-order valence-corrected chi connectivity index (χ0v) is 21.0. The van der Waals surface area contributed by atoms with E-state index in [0.717, 1.165) is 6.42 Å². The van der Waals surface area contributed by atoms with E-state index >= 15 is 0 Å². The highest BCUT2D eigenvalue weighted by Crippen LogP contribution is 2.29. The topological polar surface area (TPSA) is 89.4 Å². The van der Waals surface area contributed by atoms with Crippen LogP contribution in [-0.2, 0) is 22.6 Å². The van der Waals surface area contributed by atoms with Gasteiger partial charge in [-0.2, -0.15) is 5.10 Å². The molecule has 194 valence electrons. The van der Waals surface area contributed by atoms with Gasteiger partial charge in [-0.05, 0) is 85.3 Å². The second-order valence-corrected chi connectivity index (χ2v) is 9.46. The lowest BCUT2D eigenvalue weighted by Gasteiger charge is -2.24. The molecule has 0 aliphatic carbocycles. The highest BCUT2D eigenvalue weighted by atomic mass is 19.1. The molecule has 0 saturated carbocycles. The summed E-state index contributed by atoms with van der Waals surface area (Å²) in [6.07, 6.45) is 4.23. The molecule has 8 nitrogen and oxygen atoms in total. The Balaban J connectivity index is 1.27. The number of ether oxygens (including phenoxy) is 1. The van der Waals surface area contributed by atoms with Crippen molar-refractivity contribution in [1.29, 1.82) is 0 Å². The van der Waals surface area contributed by atoms with Crippen molar-refractivity contribution in [2.24, 2.45) is 5.92 Å². The zero-order valence-electron chi connectivity index (χ0n) is 21.0. The van der Waals surface area contributed by atoms with Gasteiger partial charge in [0.25, 0.3) is 0 Å². The van der Waals surface area contributed by atoms with Crippen molar-refractivity contribution in [2.75, 3.05) is 11.9 Å². The van der Waals surface area contributed by atoms with Crippen LogP contribution in [0.5, 0.6) is 11.5 Å². The highest BCUT2D eigenvalue weighted by molar-refractivity contribution is 5.97. The van der Waals surface area contributed by atoms with Gasteiger partial charge < -0.3 is 15.0 Å². The van der Waals surface area contributed by atoms with Crippen LogP contribution in [0, 0.1) is 18.7 Å². The summed E-state index contributed by atoms with van der Waals surface area (Å²) in [5, 5.41) is 6.98. The van der Waals surface area contributed by atoms with Gasteiger partial charge in [0.2, 0.25) is 11.8 Å². The van der Waals surface area contributed by atoms with Crippen molar-refractivity contribution in [1.82, 2.24) is 19.7 Å². The number of rotatable bonds is 8. The third kappa shape index (κ3) is 6.05. The van der Waals surface area contributed by atoms with Crippen LogP contribution < -0.4 is 10.1 Å². The number of hydrogen-bond donors (Lipinski definition) is 1. The van der Waals surface area contributed by atoms with Gasteiger partial charge in [-0.25, -0.2) is 14.1 Å². The van der Waals surface area contributed by atoms with Gasteiger partial charge in [0.15, 0.2) is 0 Å². The number of nitrogens with one attached hydrogen (secondary N) is 1. The van der Waals surface area contributed by atoms with E-state index < -0.39 is 6.04 Å². The summed E-state index contributed by atoms with van der Waals surface area (Å²) in [5.41, 5.74) is 3.01. The normalized spacial score (nSPS) is 16.8. The Morgan fingerprint density at radius 1 is 1.03 bits per heavy atom. The van der Waals surface area contributed by atoms with Gasteiger partial charge in [0.05, 0.1) is 0 Å². The minimum absolute atomic E-state index is 0.0241. The lowest BCUT2D eigenvalue weighted by Crippen LogP contribution is -2.44. The predicted octanol–water partition coefficient (Wildman–Crippen LogP) is 4.62. The summed E-state index contributed by atoms with van der Waals surface area (Å²) >= 11 is 0. The molecule has 0 radical (unpaired) electrons. The number of likely N-dealkylation sites (tertiary alicyclic amines) is 1. The van der Waals surface area contributed by atoms with Gasteiger partial charge in [-0.15, -0.1) is 0 Å². The third-order valence-electron chi connectivity index (χ3n) is 6.72. The van der Waals surface area contributed by atoms with Gasteiger partial charge in [0, 0.05) is 12.2 Å². The molecule has 1 saturated heterocycles. The summed E-state index contributed by atoms with van der Waals surface area (Å²) in [6, 6.07) is 20.3. The minimum Gasteiger partial charge on any atom is -0.457 e. The number of aryl methyl sites for hydroxylation is 1. The smallest absolute Gasteiger partial charge is 0.247 e. The molecule has 2 amide bonds. The molecule has 1 aliphatic heterocycles. The maximum Gasteiger partial charge on any atom is 0.247 e. The van der Waals surface area contributed by atoms with E-state index in [9.17, 15) is 14.0 Å². The van der Waals surface area contributed by atoms with Gasteiger partial charge in [-0.3, -0.25) is 9.59 Å². The summed E-state index contributed by atoms with van der Waals surface area (Å²) < 4.78 is 20.3. The van der Waals surface area contributed by atoms with E-state index in [1.54, 1.807) is 41.3 Å². The lowest BCUT2D eigenvalue weighted by atomic mass is 9.94. The van der Waals surface area contributed by atoms with Crippen LogP contribution in [0.2, 0.25) is 0 Å². The number of amides is 2. The number of hydrogen-bond acceptors (Lipinski definition) is 5. The van der Waals surface area contributed by atoms with Crippen molar-refractivity contribution in [3.05, 3.63) is 102 Å². The van der Waals surface area contributed by atoms with E-state index in [1.807, 2.05) is 12.1 Å². The van der Waals surface area contributed by atoms with Crippen LogP contribution in [0.4, 0.5) is 10.1 Å². The molecule has 9 heteroatoms. The molecular formula is C29H28FN5O3. The number of anilines is 1. The van der Waals surface area contributed by atoms with Gasteiger partial charge >= 0.3 is 0 Å². The molecule has 1 aromatic heterocycles. The lowest BCUT2D eigenvalue weighted by molar-refractivity contribution is -0.137. The number of carbonyl (C=O) groups is 2. The SMILES string of the molecule is Cc1ccccc1CC1CC(C(=O)Nc2ccc(Oc3ccc(F)cc3)cc2)N(C(=O)Cn2cncn2)C1. The molecule has 2 atom stereocenters. The van der Waals surface area contributed by atoms with Crippen molar-refractivity contribution < 1.29 is 18.7 Å². The van der Waals surface area contributed by atoms with Crippen molar-refractivity contribution >= 4 is 17.5 Å². The van der Waals surface area contributed by atoms with Crippen LogP contribution in [0.1, 0.15) is 17.5 Å². The molecule has 2 unspecified atom stereocenters. The Hall–Kier alpha value is -4.53. The molecule has 2 heterocycles. The van der Waals surface area contributed by atoms with Gasteiger partial charge in [0.1, 0.15) is 42.6 Å². The second-order valence-electron chi connectivity index (χ2n) is 9.46. The first kappa shape index (κ1) is 25.1. The predicted molar refractivity (Wildman–Crippen MR) is 140 cm³/mol. The summed E-state index contributed by atoms with van der Waals surface area (Å²) in [6.45, 7) is 2.59. The first-order valence-corrected chi connectivity index (χ1v) is 12.5. The molecule has 1 N–H and O–H groups in total. The van der Waals surface area contributed by atoms with E-state index in [0.29, 0.717) is 30.2 Å². The Bertz CT molecular complexity index is 1390. The number of aromatic nitrogens is 3. The summed E-state index contributed by atoms with van der Waals surface area (Å²) in [5.74, 6) is 0.464. The first-order chi connectivity index (χ1) is 18.4. The van der Waals surface area contributed by atoms with Crippen molar-refractivity contribution in [3.63, 3.8) is 0 Å². The van der Waals surface area contributed by atoms with Crippen molar-refractivity contribution in [3.8, 4) is 11.5 Å². The fourth-order valence-corrected chi connectivity index (χ4v) is 4.76. The average molecular weight is 514 g/mol. The largest absolute Gasteiger partial charge is 0.457 e. The van der Waals surface area contributed by atoms with Crippen LogP contribution in [0.3, 0.4) is 0 Å².